The van der Waals surface area contributed by atoms with Gasteiger partial charge in [-0.15, -0.1) is 0 Å². The van der Waals surface area contributed by atoms with Crippen molar-refractivity contribution in [2.75, 3.05) is 0 Å². The molecule has 1 heterocycles. The van der Waals surface area contributed by atoms with E-state index < -0.39 is 10.0 Å². The molecule has 7 nitrogen and oxygen atoms in total. The van der Waals surface area contributed by atoms with E-state index in [0.717, 1.165) is 17.7 Å². The van der Waals surface area contributed by atoms with Crippen LogP contribution in [0.3, 0.4) is 0 Å². The molecular formula is C21H24N4O3S. The van der Waals surface area contributed by atoms with Crippen molar-refractivity contribution in [1.29, 1.82) is 0 Å². The van der Waals surface area contributed by atoms with E-state index in [1.807, 2.05) is 35.0 Å². The largest absolute Gasteiger partial charge is 0.348 e. The van der Waals surface area contributed by atoms with Crippen LogP contribution in [0.4, 0.5) is 0 Å². The molecule has 2 aromatic carbocycles. The lowest BCUT2D eigenvalue weighted by atomic mass is 10.1. The molecule has 0 aliphatic carbocycles. The van der Waals surface area contributed by atoms with Crippen molar-refractivity contribution in [2.24, 2.45) is 0 Å². The number of imidazole rings is 1. The minimum absolute atomic E-state index is 0.135. The van der Waals surface area contributed by atoms with Gasteiger partial charge in [0.1, 0.15) is 0 Å². The second-order valence-electron chi connectivity index (χ2n) is 7.03. The summed E-state index contributed by atoms with van der Waals surface area (Å²) in [6.45, 7) is 4.64. The molecule has 0 saturated heterocycles. The average molecular weight is 413 g/mol. The summed E-state index contributed by atoms with van der Waals surface area (Å²) in [7, 11) is -3.57. The highest BCUT2D eigenvalue weighted by molar-refractivity contribution is 7.89. The topological polar surface area (TPSA) is 93.1 Å². The molecule has 0 atom stereocenters. The Bertz CT molecular complexity index is 1040. The van der Waals surface area contributed by atoms with Gasteiger partial charge >= 0.3 is 0 Å². The predicted molar refractivity (Wildman–Crippen MR) is 111 cm³/mol. The van der Waals surface area contributed by atoms with Gasteiger partial charge in [-0.25, -0.2) is 18.1 Å². The van der Waals surface area contributed by atoms with E-state index in [4.69, 9.17) is 0 Å². The smallest absolute Gasteiger partial charge is 0.251 e. The number of hydrogen-bond donors (Lipinski definition) is 2. The molecule has 0 saturated carbocycles. The Morgan fingerprint density at radius 2 is 1.69 bits per heavy atom. The van der Waals surface area contributed by atoms with Crippen LogP contribution in [0.5, 0.6) is 0 Å². The number of sulfonamides is 1. The van der Waals surface area contributed by atoms with E-state index in [9.17, 15) is 13.2 Å². The molecular weight excluding hydrogens is 388 g/mol. The molecule has 3 aromatic rings. The van der Waals surface area contributed by atoms with Crippen molar-refractivity contribution < 1.29 is 13.2 Å². The molecule has 0 aliphatic heterocycles. The third-order valence-corrected chi connectivity index (χ3v) is 5.89. The Morgan fingerprint density at radius 1 is 1.03 bits per heavy atom. The summed E-state index contributed by atoms with van der Waals surface area (Å²) in [6.07, 6.45) is 5.42. The number of carbonyl (C=O) groups excluding carboxylic acids is 1. The van der Waals surface area contributed by atoms with Gasteiger partial charge in [0.25, 0.3) is 5.91 Å². The Balaban J connectivity index is 1.56. The molecule has 2 N–H and O–H groups in total. The second kappa shape index (κ2) is 9.02. The summed E-state index contributed by atoms with van der Waals surface area (Å²) in [5, 5.41) is 2.85. The van der Waals surface area contributed by atoms with Crippen LogP contribution in [0.2, 0.25) is 0 Å². The molecule has 29 heavy (non-hydrogen) atoms. The minimum Gasteiger partial charge on any atom is -0.348 e. The zero-order chi connectivity index (χ0) is 20.9. The van der Waals surface area contributed by atoms with E-state index in [0.29, 0.717) is 12.1 Å². The van der Waals surface area contributed by atoms with Gasteiger partial charge < -0.3 is 9.88 Å². The maximum Gasteiger partial charge on any atom is 0.251 e. The lowest BCUT2D eigenvalue weighted by Gasteiger charge is -2.10. The molecule has 0 radical (unpaired) electrons. The number of nitrogens with one attached hydrogen (secondary N) is 2. The van der Waals surface area contributed by atoms with Gasteiger partial charge in [0.05, 0.1) is 11.2 Å². The zero-order valence-corrected chi connectivity index (χ0v) is 17.2. The summed E-state index contributed by atoms with van der Waals surface area (Å²) < 4.78 is 28.8. The fourth-order valence-electron chi connectivity index (χ4n) is 2.80. The Morgan fingerprint density at radius 3 is 2.28 bits per heavy atom. The van der Waals surface area contributed by atoms with Gasteiger partial charge in [0.2, 0.25) is 10.0 Å². The summed E-state index contributed by atoms with van der Waals surface area (Å²) >= 11 is 0. The normalized spacial score (nSPS) is 11.6. The summed E-state index contributed by atoms with van der Waals surface area (Å²) in [5.74, 6) is -0.256. The first-order chi connectivity index (χ1) is 13.8. The predicted octanol–water partition coefficient (Wildman–Crippen LogP) is 2.55. The maximum absolute atomic E-state index is 12.3. The summed E-state index contributed by atoms with van der Waals surface area (Å²) in [6, 6.07) is 13.7. The molecule has 1 amide bonds. The molecule has 0 fully saturated rings. The molecule has 1 aromatic heterocycles. The first-order valence-corrected chi connectivity index (χ1v) is 10.8. The number of hydrogen-bond acceptors (Lipinski definition) is 4. The highest BCUT2D eigenvalue weighted by atomic mass is 32.2. The van der Waals surface area contributed by atoms with Gasteiger partial charge in [-0.05, 0) is 49.2 Å². The van der Waals surface area contributed by atoms with Crippen molar-refractivity contribution in [1.82, 2.24) is 19.6 Å². The van der Waals surface area contributed by atoms with Crippen molar-refractivity contribution in [2.45, 2.75) is 37.9 Å². The van der Waals surface area contributed by atoms with Crippen molar-refractivity contribution in [3.8, 4) is 0 Å². The first-order valence-electron chi connectivity index (χ1n) is 9.27. The second-order valence-corrected chi connectivity index (χ2v) is 8.75. The van der Waals surface area contributed by atoms with Crippen molar-refractivity contribution in [3.05, 3.63) is 83.9 Å². The van der Waals surface area contributed by atoms with Crippen LogP contribution < -0.4 is 10.0 Å². The quantitative estimate of drug-likeness (QED) is 0.595. The van der Waals surface area contributed by atoms with Crippen LogP contribution in [0, 0.1) is 0 Å². The van der Waals surface area contributed by atoms with Gasteiger partial charge in [-0.1, -0.05) is 24.3 Å². The lowest BCUT2D eigenvalue weighted by Crippen LogP contribution is -2.30. The van der Waals surface area contributed by atoms with Crippen LogP contribution >= 0.6 is 0 Å². The Hall–Kier alpha value is -2.97. The number of amides is 1. The van der Waals surface area contributed by atoms with E-state index in [1.54, 1.807) is 26.4 Å². The van der Waals surface area contributed by atoms with E-state index in [-0.39, 0.29) is 16.8 Å². The van der Waals surface area contributed by atoms with Gasteiger partial charge in [-0.2, -0.15) is 0 Å². The number of rotatable bonds is 8. The molecule has 3 rings (SSSR count). The third kappa shape index (κ3) is 5.75. The van der Waals surface area contributed by atoms with E-state index in [1.165, 1.54) is 24.3 Å². The standard InChI is InChI=1S/C21H24N4O3S/c1-16(2)24-29(27,28)20-9-7-19(8-10-20)21(26)23-13-17-3-5-18(6-4-17)14-25-12-11-22-15-25/h3-12,15-16,24H,13-14H2,1-2H3,(H,23,26). The highest BCUT2D eigenvalue weighted by Gasteiger charge is 2.16. The third-order valence-electron chi connectivity index (χ3n) is 4.22. The maximum atomic E-state index is 12.3. The Kier molecular flexibility index (Phi) is 6.46. The minimum atomic E-state index is -3.57. The average Bonchev–Trinajstić information content (AvgIpc) is 3.19. The number of nitrogens with zero attached hydrogens (tertiary/aromatic N) is 2. The highest BCUT2D eigenvalue weighted by Crippen LogP contribution is 2.12. The number of aromatic nitrogens is 2. The summed E-state index contributed by atoms with van der Waals surface area (Å²) in [5.41, 5.74) is 2.53. The fourth-order valence-corrected chi connectivity index (χ4v) is 4.05. The lowest BCUT2D eigenvalue weighted by molar-refractivity contribution is 0.0951. The van der Waals surface area contributed by atoms with Crippen LogP contribution in [-0.2, 0) is 23.1 Å². The SMILES string of the molecule is CC(C)NS(=O)(=O)c1ccc(C(=O)NCc2ccc(Cn3ccnc3)cc2)cc1. The van der Waals surface area contributed by atoms with Crippen LogP contribution in [0.25, 0.3) is 0 Å². The fraction of sp³-hybridized carbons (Fsp3) is 0.238. The molecule has 0 bridgehead atoms. The van der Waals surface area contributed by atoms with Crippen LogP contribution in [-0.4, -0.2) is 29.9 Å². The van der Waals surface area contributed by atoms with E-state index in [2.05, 4.69) is 15.0 Å². The van der Waals surface area contributed by atoms with E-state index >= 15 is 0 Å². The molecule has 0 unspecified atom stereocenters. The van der Waals surface area contributed by atoms with Gasteiger partial charge in [0.15, 0.2) is 0 Å². The number of carbonyl (C=O) groups is 1. The van der Waals surface area contributed by atoms with Crippen LogP contribution in [0.1, 0.15) is 35.3 Å². The Labute approximate surface area is 170 Å². The summed E-state index contributed by atoms with van der Waals surface area (Å²) in [4.78, 5) is 16.5. The van der Waals surface area contributed by atoms with Crippen molar-refractivity contribution in [3.63, 3.8) is 0 Å². The molecule has 0 spiro atoms. The van der Waals surface area contributed by atoms with Crippen molar-refractivity contribution >= 4 is 15.9 Å². The van der Waals surface area contributed by atoms with Gasteiger partial charge in [-0.3, -0.25) is 4.79 Å². The van der Waals surface area contributed by atoms with Gasteiger partial charge in [0, 0.05) is 37.1 Å². The van der Waals surface area contributed by atoms with Crippen LogP contribution in [0.15, 0.2) is 72.1 Å². The first kappa shape index (κ1) is 20.8. The monoisotopic (exact) mass is 412 g/mol. The molecule has 152 valence electrons. The number of benzene rings is 2. The molecule has 0 aliphatic rings. The zero-order valence-electron chi connectivity index (χ0n) is 16.4. The molecule has 8 heteroatoms.